The lowest BCUT2D eigenvalue weighted by Crippen LogP contribution is -2.15. The van der Waals surface area contributed by atoms with Gasteiger partial charge in [0.25, 0.3) is 0 Å². The molecule has 0 radical (unpaired) electrons. The van der Waals surface area contributed by atoms with Gasteiger partial charge in [-0.2, -0.15) is 0 Å². The quantitative estimate of drug-likeness (QED) is 0.907. The Balaban J connectivity index is 2.37. The fourth-order valence-corrected chi connectivity index (χ4v) is 1.80. The van der Waals surface area contributed by atoms with Gasteiger partial charge < -0.3 is 15.2 Å². The average Bonchev–Trinajstić information content (AvgIpc) is 2.46. The first-order chi connectivity index (χ1) is 9.15. The number of hydrogen-bond acceptors (Lipinski definition) is 5. The van der Waals surface area contributed by atoms with Gasteiger partial charge in [-0.1, -0.05) is 0 Å². The fourth-order valence-electron chi connectivity index (χ4n) is 1.80. The highest BCUT2D eigenvalue weighted by Crippen LogP contribution is 2.30. The van der Waals surface area contributed by atoms with Crippen molar-refractivity contribution >= 4 is 0 Å². The molecule has 0 amide bonds. The van der Waals surface area contributed by atoms with Crippen LogP contribution < -0.4 is 15.2 Å². The third-order valence-electron chi connectivity index (χ3n) is 2.90. The standard InChI is InChI=1S/C14H17N3O2/c1-9-7-17-12(8-16-9)14(15)11-5-4-10(18-2)6-13(11)19-3/h4-8,14H,15H2,1-3H3. The van der Waals surface area contributed by atoms with Crippen molar-refractivity contribution < 1.29 is 9.47 Å². The van der Waals surface area contributed by atoms with Gasteiger partial charge in [-0.05, 0) is 19.1 Å². The molecule has 1 aromatic carbocycles. The first-order valence-electron chi connectivity index (χ1n) is 5.91. The second-order valence-corrected chi connectivity index (χ2v) is 4.17. The van der Waals surface area contributed by atoms with Crippen LogP contribution in [0, 0.1) is 6.92 Å². The van der Waals surface area contributed by atoms with E-state index in [1.54, 1.807) is 32.7 Å². The Kier molecular flexibility index (Phi) is 3.97. The van der Waals surface area contributed by atoms with Crippen molar-refractivity contribution in [2.45, 2.75) is 13.0 Å². The molecule has 5 nitrogen and oxygen atoms in total. The van der Waals surface area contributed by atoms with Crippen LogP contribution in [0.5, 0.6) is 11.5 Å². The molecule has 2 aromatic rings. The summed E-state index contributed by atoms with van der Waals surface area (Å²) in [4.78, 5) is 8.51. The Bertz CT molecular complexity index is 555. The van der Waals surface area contributed by atoms with E-state index in [1.807, 2.05) is 19.1 Å². The van der Waals surface area contributed by atoms with Gasteiger partial charge in [0.15, 0.2) is 0 Å². The van der Waals surface area contributed by atoms with Gasteiger partial charge in [0.1, 0.15) is 11.5 Å². The average molecular weight is 259 g/mol. The van der Waals surface area contributed by atoms with Gasteiger partial charge in [-0.25, -0.2) is 0 Å². The van der Waals surface area contributed by atoms with Crippen LogP contribution in [-0.4, -0.2) is 24.2 Å². The van der Waals surface area contributed by atoms with E-state index in [0.29, 0.717) is 11.4 Å². The molecule has 100 valence electrons. The normalized spacial score (nSPS) is 12.0. The summed E-state index contributed by atoms with van der Waals surface area (Å²) in [6.45, 7) is 1.89. The van der Waals surface area contributed by atoms with Gasteiger partial charge in [0.05, 0.1) is 37.8 Å². The number of ether oxygens (including phenoxy) is 2. The topological polar surface area (TPSA) is 70.3 Å². The Morgan fingerprint density at radius 3 is 2.47 bits per heavy atom. The van der Waals surface area contributed by atoms with Crippen LogP contribution in [0.2, 0.25) is 0 Å². The van der Waals surface area contributed by atoms with Crippen LogP contribution >= 0.6 is 0 Å². The van der Waals surface area contributed by atoms with Crippen LogP contribution in [0.1, 0.15) is 23.0 Å². The molecule has 1 aromatic heterocycles. The van der Waals surface area contributed by atoms with E-state index in [0.717, 1.165) is 17.0 Å². The van der Waals surface area contributed by atoms with E-state index in [4.69, 9.17) is 15.2 Å². The number of nitrogens with zero attached hydrogens (tertiary/aromatic N) is 2. The predicted octanol–water partition coefficient (Wildman–Crippen LogP) is 1.85. The van der Waals surface area contributed by atoms with Crippen LogP contribution in [0.3, 0.4) is 0 Å². The van der Waals surface area contributed by atoms with Crippen molar-refractivity contribution in [3.63, 3.8) is 0 Å². The summed E-state index contributed by atoms with van der Waals surface area (Å²) < 4.78 is 10.5. The molecule has 0 aliphatic carbocycles. The monoisotopic (exact) mass is 259 g/mol. The summed E-state index contributed by atoms with van der Waals surface area (Å²) in [7, 11) is 3.21. The highest BCUT2D eigenvalue weighted by molar-refractivity contribution is 5.44. The molecular formula is C14H17N3O2. The Morgan fingerprint density at radius 1 is 1.11 bits per heavy atom. The van der Waals surface area contributed by atoms with Crippen LogP contribution in [0.25, 0.3) is 0 Å². The lowest BCUT2D eigenvalue weighted by atomic mass is 10.0. The molecular weight excluding hydrogens is 242 g/mol. The minimum Gasteiger partial charge on any atom is -0.497 e. The molecule has 0 spiro atoms. The molecule has 0 saturated carbocycles. The number of benzene rings is 1. The summed E-state index contributed by atoms with van der Waals surface area (Å²) in [6.07, 6.45) is 3.38. The van der Waals surface area contributed by atoms with E-state index in [-0.39, 0.29) is 6.04 Å². The predicted molar refractivity (Wildman–Crippen MR) is 72.3 cm³/mol. The molecule has 5 heteroatoms. The molecule has 0 bridgehead atoms. The molecule has 1 heterocycles. The van der Waals surface area contributed by atoms with E-state index >= 15 is 0 Å². The number of aryl methyl sites for hydroxylation is 1. The van der Waals surface area contributed by atoms with Gasteiger partial charge >= 0.3 is 0 Å². The van der Waals surface area contributed by atoms with Crippen molar-refractivity contribution in [3.8, 4) is 11.5 Å². The Labute approximate surface area is 112 Å². The second-order valence-electron chi connectivity index (χ2n) is 4.17. The third kappa shape index (κ3) is 2.82. The van der Waals surface area contributed by atoms with Crippen molar-refractivity contribution in [3.05, 3.63) is 47.5 Å². The van der Waals surface area contributed by atoms with Crippen molar-refractivity contribution in [2.75, 3.05) is 14.2 Å². The lowest BCUT2D eigenvalue weighted by molar-refractivity contribution is 0.389. The van der Waals surface area contributed by atoms with Gasteiger partial charge in [-0.3, -0.25) is 9.97 Å². The van der Waals surface area contributed by atoms with Gasteiger partial charge in [0, 0.05) is 17.8 Å². The maximum atomic E-state index is 6.21. The zero-order chi connectivity index (χ0) is 13.8. The molecule has 2 N–H and O–H groups in total. The molecule has 0 fully saturated rings. The second kappa shape index (κ2) is 5.67. The Morgan fingerprint density at radius 2 is 1.89 bits per heavy atom. The summed E-state index contributed by atoms with van der Waals surface area (Å²) in [5.74, 6) is 1.40. The largest absolute Gasteiger partial charge is 0.497 e. The number of methoxy groups -OCH3 is 2. The summed E-state index contributed by atoms with van der Waals surface area (Å²) >= 11 is 0. The number of rotatable bonds is 4. The molecule has 0 saturated heterocycles. The molecule has 1 unspecified atom stereocenters. The molecule has 2 rings (SSSR count). The smallest absolute Gasteiger partial charge is 0.127 e. The maximum absolute atomic E-state index is 6.21. The summed E-state index contributed by atoms with van der Waals surface area (Å²) in [5, 5.41) is 0. The van der Waals surface area contributed by atoms with E-state index in [2.05, 4.69) is 9.97 Å². The first-order valence-corrected chi connectivity index (χ1v) is 5.91. The van der Waals surface area contributed by atoms with Gasteiger partial charge in [-0.15, -0.1) is 0 Å². The van der Waals surface area contributed by atoms with Crippen molar-refractivity contribution in [1.29, 1.82) is 0 Å². The SMILES string of the molecule is COc1ccc(C(N)c2cnc(C)cn2)c(OC)c1. The van der Waals surface area contributed by atoms with E-state index in [1.165, 1.54) is 0 Å². The molecule has 0 aliphatic rings. The molecule has 0 aliphatic heterocycles. The number of hydrogen-bond donors (Lipinski definition) is 1. The van der Waals surface area contributed by atoms with Gasteiger partial charge in [0.2, 0.25) is 0 Å². The third-order valence-corrected chi connectivity index (χ3v) is 2.90. The number of nitrogens with two attached hydrogens (primary N) is 1. The Hall–Kier alpha value is -2.14. The van der Waals surface area contributed by atoms with E-state index < -0.39 is 0 Å². The summed E-state index contributed by atoms with van der Waals surface area (Å²) in [5.41, 5.74) is 8.62. The molecule has 1 atom stereocenters. The van der Waals surface area contributed by atoms with Crippen LogP contribution in [0.4, 0.5) is 0 Å². The lowest BCUT2D eigenvalue weighted by Gasteiger charge is -2.16. The fraction of sp³-hybridized carbons (Fsp3) is 0.286. The highest BCUT2D eigenvalue weighted by atomic mass is 16.5. The minimum absolute atomic E-state index is 0.381. The van der Waals surface area contributed by atoms with Crippen molar-refractivity contribution in [1.82, 2.24) is 9.97 Å². The number of aromatic nitrogens is 2. The van der Waals surface area contributed by atoms with Crippen LogP contribution in [-0.2, 0) is 0 Å². The zero-order valence-electron chi connectivity index (χ0n) is 11.3. The molecule has 19 heavy (non-hydrogen) atoms. The van der Waals surface area contributed by atoms with Crippen LogP contribution in [0.15, 0.2) is 30.6 Å². The highest BCUT2D eigenvalue weighted by Gasteiger charge is 2.16. The zero-order valence-corrected chi connectivity index (χ0v) is 11.3. The summed E-state index contributed by atoms with van der Waals surface area (Å²) in [6, 6.07) is 5.15. The first kappa shape index (κ1) is 13.3. The van der Waals surface area contributed by atoms with E-state index in [9.17, 15) is 0 Å². The minimum atomic E-state index is -0.381. The maximum Gasteiger partial charge on any atom is 0.127 e. The van der Waals surface area contributed by atoms with Crippen molar-refractivity contribution in [2.24, 2.45) is 5.73 Å².